The quantitative estimate of drug-likeness (QED) is 0.227. The van der Waals surface area contributed by atoms with Gasteiger partial charge in [0.05, 0.1) is 19.1 Å². The Morgan fingerprint density at radius 1 is 1.00 bits per heavy atom. The van der Waals surface area contributed by atoms with Gasteiger partial charge in [0.15, 0.2) is 17.9 Å². The Bertz CT molecular complexity index is 1350. The number of esters is 1. The molecule has 0 radical (unpaired) electrons. The molecule has 0 saturated carbocycles. The zero-order valence-corrected chi connectivity index (χ0v) is 20.6. The van der Waals surface area contributed by atoms with Crippen molar-refractivity contribution in [1.29, 1.82) is 0 Å². The van der Waals surface area contributed by atoms with Gasteiger partial charge in [-0.25, -0.2) is 13.4 Å². The predicted molar refractivity (Wildman–Crippen MR) is 126 cm³/mol. The topological polar surface area (TPSA) is 152 Å². The number of rotatable bonds is 11. The van der Waals surface area contributed by atoms with E-state index in [-0.39, 0.29) is 22.3 Å². The van der Waals surface area contributed by atoms with E-state index in [1.54, 1.807) is 18.2 Å². The molecule has 0 aliphatic carbocycles. The summed E-state index contributed by atoms with van der Waals surface area (Å²) >= 11 is 0. The molecule has 190 valence electrons. The highest BCUT2D eigenvalue weighted by atomic mass is 32.2. The lowest BCUT2D eigenvalue weighted by molar-refractivity contribution is -0.158. The highest BCUT2D eigenvalue weighted by Gasteiger charge is 2.25. The number of hydrogen-bond acceptors (Lipinski definition) is 11. The molecule has 1 heterocycles. The molecule has 36 heavy (non-hydrogen) atoms. The summed E-state index contributed by atoms with van der Waals surface area (Å²) in [5.74, 6) is -0.956. The summed E-state index contributed by atoms with van der Waals surface area (Å²) < 4.78 is 55.1. The molecular formula is C23H23N3O9S. The minimum Gasteiger partial charge on any atom is -0.497 e. The van der Waals surface area contributed by atoms with Gasteiger partial charge in [-0.15, -0.1) is 0 Å². The van der Waals surface area contributed by atoms with Crippen LogP contribution in [0.2, 0.25) is 0 Å². The fourth-order valence-corrected chi connectivity index (χ4v) is 3.88. The normalized spacial score (nSPS) is 11.7. The van der Waals surface area contributed by atoms with Gasteiger partial charge in [-0.1, -0.05) is 6.07 Å². The number of nitrogens with zero attached hydrogens (tertiary/aromatic N) is 2. The number of benzene rings is 2. The van der Waals surface area contributed by atoms with Crippen LogP contribution in [0.25, 0.3) is 0 Å². The van der Waals surface area contributed by atoms with E-state index in [1.807, 2.05) is 0 Å². The van der Waals surface area contributed by atoms with Crippen LogP contribution in [0.1, 0.15) is 24.5 Å². The maximum absolute atomic E-state index is 13.1. The lowest BCUT2D eigenvalue weighted by Crippen LogP contribution is -2.21. The molecule has 0 spiro atoms. The van der Waals surface area contributed by atoms with E-state index in [4.69, 9.17) is 23.7 Å². The molecule has 3 rings (SSSR count). The number of nitrogens with one attached hydrogen (secondary N) is 1. The standard InChI is InChI=1S/C23H23N3O9S/c1-14(28)33-15(2)34-23-21(35-18-7-5-6-17(12-18)32-4)22(24-20(13-27)25-23)26-36(29,30)19-10-8-16(31-3)9-11-19/h5-13,15H,1-4H3,(H,24,25,26). The Kier molecular flexibility index (Phi) is 8.27. The van der Waals surface area contributed by atoms with Crippen molar-refractivity contribution in [3.63, 3.8) is 0 Å². The molecular weight excluding hydrogens is 494 g/mol. The van der Waals surface area contributed by atoms with Crippen LogP contribution in [0.5, 0.6) is 28.9 Å². The largest absolute Gasteiger partial charge is 0.497 e. The molecule has 2 aromatic carbocycles. The van der Waals surface area contributed by atoms with Gasteiger partial charge >= 0.3 is 5.97 Å². The van der Waals surface area contributed by atoms with Crippen LogP contribution in [-0.4, -0.2) is 51.2 Å². The monoisotopic (exact) mass is 517 g/mol. The van der Waals surface area contributed by atoms with E-state index >= 15 is 0 Å². The van der Waals surface area contributed by atoms with Crippen molar-refractivity contribution < 1.29 is 41.7 Å². The SMILES string of the molecule is COc1ccc(S(=O)(=O)Nc2nc(C=O)nc(OC(C)OC(C)=O)c2Oc2cccc(OC)c2)cc1. The van der Waals surface area contributed by atoms with E-state index in [2.05, 4.69) is 14.7 Å². The number of methoxy groups -OCH3 is 2. The first-order chi connectivity index (χ1) is 17.1. The second-order valence-electron chi connectivity index (χ2n) is 7.04. The average Bonchev–Trinajstić information content (AvgIpc) is 2.85. The molecule has 13 heteroatoms. The Hall–Kier alpha value is -4.39. The summed E-state index contributed by atoms with van der Waals surface area (Å²) in [6.45, 7) is 2.58. The molecule has 1 unspecified atom stereocenters. The minimum atomic E-state index is -4.21. The van der Waals surface area contributed by atoms with E-state index < -0.39 is 33.9 Å². The van der Waals surface area contributed by atoms with E-state index in [9.17, 15) is 18.0 Å². The fourth-order valence-electron chi connectivity index (χ4n) is 2.88. The minimum absolute atomic E-state index is 0.113. The van der Waals surface area contributed by atoms with Crippen LogP contribution in [0.4, 0.5) is 5.82 Å². The zero-order valence-electron chi connectivity index (χ0n) is 19.8. The van der Waals surface area contributed by atoms with Gasteiger partial charge in [0, 0.05) is 19.9 Å². The number of aldehydes is 1. The summed E-state index contributed by atoms with van der Waals surface area (Å²) in [4.78, 5) is 30.7. The average molecular weight is 518 g/mol. The predicted octanol–water partition coefficient (Wildman–Crippen LogP) is 3.19. The van der Waals surface area contributed by atoms with Crippen molar-refractivity contribution in [2.45, 2.75) is 25.0 Å². The molecule has 0 aliphatic heterocycles. The Morgan fingerprint density at radius 3 is 2.28 bits per heavy atom. The van der Waals surface area contributed by atoms with Crippen LogP contribution in [0.15, 0.2) is 53.4 Å². The third kappa shape index (κ3) is 6.60. The second-order valence-corrected chi connectivity index (χ2v) is 8.72. The third-order valence-electron chi connectivity index (χ3n) is 4.43. The van der Waals surface area contributed by atoms with Gasteiger partial charge in [0.1, 0.15) is 17.2 Å². The van der Waals surface area contributed by atoms with Crippen LogP contribution in [0, 0.1) is 0 Å². The molecule has 1 N–H and O–H groups in total. The van der Waals surface area contributed by atoms with Crippen molar-refractivity contribution in [2.24, 2.45) is 0 Å². The Labute approximate surface area is 207 Å². The van der Waals surface area contributed by atoms with Crippen LogP contribution >= 0.6 is 0 Å². The number of aromatic nitrogens is 2. The first-order valence-corrected chi connectivity index (χ1v) is 11.8. The second kappa shape index (κ2) is 11.4. The molecule has 3 aromatic rings. The third-order valence-corrected chi connectivity index (χ3v) is 5.78. The molecule has 1 atom stereocenters. The van der Waals surface area contributed by atoms with Crippen molar-refractivity contribution in [3.8, 4) is 28.9 Å². The van der Waals surface area contributed by atoms with Crippen molar-refractivity contribution in [1.82, 2.24) is 9.97 Å². The van der Waals surface area contributed by atoms with Crippen LogP contribution in [-0.2, 0) is 19.6 Å². The maximum atomic E-state index is 13.1. The van der Waals surface area contributed by atoms with E-state index in [0.717, 1.165) is 0 Å². The van der Waals surface area contributed by atoms with E-state index in [0.29, 0.717) is 17.8 Å². The summed E-state index contributed by atoms with van der Waals surface area (Å²) in [5.41, 5.74) is 0. The molecule has 12 nitrogen and oxygen atoms in total. The van der Waals surface area contributed by atoms with Gasteiger partial charge < -0.3 is 23.7 Å². The highest BCUT2D eigenvalue weighted by molar-refractivity contribution is 7.92. The number of carbonyl (C=O) groups excluding carboxylic acids is 2. The summed E-state index contributed by atoms with van der Waals surface area (Å²) in [7, 11) is -1.30. The number of hydrogen-bond donors (Lipinski definition) is 1. The molecule has 0 saturated heterocycles. The zero-order chi connectivity index (χ0) is 26.3. The molecule has 0 amide bonds. The van der Waals surface area contributed by atoms with E-state index in [1.165, 1.54) is 58.4 Å². The lowest BCUT2D eigenvalue weighted by Gasteiger charge is -2.19. The van der Waals surface area contributed by atoms with Crippen LogP contribution < -0.4 is 23.7 Å². The summed E-state index contributed by atoms with van der Waals surface area (Å²) in [5, 5.41) is 0. The van der Waals surface area contributed by atoms with Gasteiger partial charge in [0.25, 0.3) is 15.9 Å². The first-order valence-electron chi connectivity index (χ1n) is 10.3. The van der Waals surface area contributed by atoms with Gasteiger partial charge in [-0.2, -0.15) is 4.98 Å². The number of carbonyl (C=O) groups is 2. The van der Waals surface area contributed by atoms with Crippen molar-refractivity contribution in [2.75, 3.05) is 18.9 Å². The smallest absolute Gasteiger partial charge is 0.305 e. The number of anilines is 1. The van der Waals surface area contributed by atoms with Crippen molar-refractivity contribution >= 4 is 28.1 Å². The molecule has 0 aliphatic rings. The summed E-state index contributed by atoms with van der Waals surface area (Å²) in [6.07, 6.45) is -0.861. The first kappa shape index (κ1) is 26.2. The van der Waals surface area contributed by atoms with Crippen LogP contribution in [0.3, 0.4) is 0 Å². The lowest BCUT2D eigenvalue weighted by atomic mass is 10.3. The molecule has 0 bridgehead atoms. The number of sulfonamides is 1. The van der Waals surface area contributed by atoms with Crippen molar-refractivity contribution in [3.05, 3.63) is 54.4 Å². The van der Waals surface area contributed by atoms with Gasteiger partial charge in [-0.05, 0) is 36.4 Å². The Morgan fingerprint density at radius 2 is 1.67 bits per heavy atom. The summed E-state index contributed by atoms with van der Waals surface area (Å²) in [6, 6.07) is 12.0. The maximum Gasteiger partial charge on any atom is 0.305 e. The van der Waals surface area contributed by atoms with Gasteiger partial charge in [0.2, 0.25) is 12.0 Å². The molecule has 0 fully saturated rings. The number of ether oxygens (including phenoxy) is 5. The highest BCUT2D eigenvalue weighted by Crippen LogP contribution is 2.38. The Balaban J connectivity index is 2.10. The fraction of sp³-hybridized carbons (Fsp3) is 0.217. The van der Waals surface area contributed by atoms with Gasteiger partial charge in [-0.3, -0.25) is 14.3 Å². The molecule has 1 aromatic heterocycles.